The van der Waals surface area contributed by atoms with Crippen molar-refractivity contribution in [1.82, 2.24) is 10.2 Å². The van der Waals surface area contributed by atoms with Crippen molar-refractivity contribution in [1.29, 1.82) is 0 Å². The minimum absolute atomic E-state index is 0.138. The van der Waals surface area contributed by atoms with Gasteiger partial charge < -0.3 is 10.2 Å². The van der Waals surface area contributed by atoms with Gasteiger partial charge in [-0.3, -0.25) is 4.79 Å². The third-order valence-corrected chi connectivity index (χ3v) is 3.76. The van der Waals surface area contributed by atoms with Crippen LogP contribution >= 0.6 is 0 Å². The number of likely N-dealkylation sites (N-methyl/N-ethyl adjacent to an activating group) is 1. The molecule has 1 unspecified atom stereocenters. The molecule has 0 aliphatic rings. The summed E-state index contributed by atoms with van der Waals surface area (Å²) in [4.78, 5) is 13.5. The Morgan fingerprint density at radius 2 is 1.90 bits per heavy atom. The van der Waals surface area contributed by atoms with Crippen LogP contribution in [-0.2, 0) is 11.2 Å². The molecule has 1 amide bonds. The molecule has 1 rings (SSSR count). The van der Waals surface area contributed by atoms with Gasteiger partial charge in [0.15, 0.2) is 0 Å². The highest BCUT2D eigenvalue weighted by Gasteiger charge is 2.10. The Kier molecular flexibility index (Phi) is 7.31. The van der Waals surface area contributed by atoms with E-state index in [2.05, 4.69) is 43.4 Å². The van der Waals surface area contributed by atoms with Crippen LogP contribution in [0.25, 0.3) is 0 Å². The summed E-state index contributed by atoms with van der Waals surface area (Å²) in [6.07, 6.45) is 3.62. The van der Waals surface area contributed by atoms with Crippen molar-refractivity contribution in [3.05, 3.63) is 35.4 Å². The number of carbonyl (C=O) groups is 1. The average Bonchev–Trinajstić information content (AvgIpc) is 2.49. The summed E-state index contributed by atoms with van der Waals surface area (Å²) in [7, 11) is 1.83. The molecule has 3 nitrogen and oxygen atoms in total. The average molecular weight is 276 g/mol. The molecular formula is C17H28N2O. The maximum atomic E-state index is 11.7. The van der Waals surface area contributed by atoms with Gasteiger partial charge >= 0.3 is 0 Å². The van der Waals surface area contributed by atoms with Crippen LogP contribution in [0.2, 0.25) is 0 Å². The Hall–Kier alpha value is -1.35. The largest absolute Gasteiger partial charge is 0.345 e. The first-order chi connectivity index (χ1) is 9.58. The third-order valence-electron chi connectivity index (χ3n) is 3.76. The lowest BCUT2D eigenvalue weighted by molar-refractivity contribution is -0.128. The van der Waals surface area contributed by atoms with Crippen molar-refractivity contribution in [3.8, 4) is 0 Å². The summed E-state index contributed by atoms with van der Waals surface area (Å²) in [5.41, 5.74) is 2.63. The maximum absolute atomic E-state index is 11.7. The number of unbranched alkanes of at least 4 members (excludes halogenated alkanes) is 1. The highest BCUT2D eigenvalue weighted by molar-refractivity contribution is 5.77. The van der Waals surface area contributed by atoms with E-state index in [1.54, 1.807) is 4.90 Å². The minimum atomic E-state index is 0.138. The normalized spacial score (nSPS) is 12.2. The fraction of sp³-hybridized carbons (Fsp3) is 0.588. The number of benzene rings is 1. The van der Waals surface area contributed by atoms with Gasteiger partial charge in [0.1, 0.15) is 0 Å². The molecule has 1 N–H and O–H groups in total. The molecule has 3 heteroatoms. The van der Waals surface area contributed by atoms with Crippen molar-refractivity contribution < 1.29 is 4.79 Å². The van der Waals surface area contributed by atoms with Crippen LogP contribution in [0.1, 0.15) is 50.8 Å². The van der Waals surface area contributed by atoms with Gasteiger partial charge in [-0.05, 0) is 37.8 Å². The first-order valence-corrected chi connectivity index (χ1v) is 7.64. The summed E-state index contributed by atoms with van der Waals surface area (Å²) in [5.74, 6) is 0.138. The highest BCUT2D eigenvalue weighted by Crippen LogP contribution is 2.14. The molecule has 20 heavy (non-hydrogen) atoms. The molecule has 0 aliphatic heterocycles. The minimum Gasteiger partial charge on any atom is -0.345 e. The van der Waals surface area contributed by atoms with E-state index in [0.717, 1.165) is 13.0 Å². The molecule has 0 spiro atoms. The molecule has 112 valence electrons. The SMILES string of the molecule is CCCCc1ccc(C(C)NCC(=O)N(C)CC)cc1. The van der Waals surface area contributed by atoms with E-state index in [0.29, 0.717) is 6.54 Å². The van der Waals surface area contributed by atoms with Crippen molar-refractivity contribution in [3.63, 3.8) is 0 Å². The topological polar surface area (TPSA) is 32.3 Å². The fourth-order valence-corrected chi connectivity index (χ4v) is 2.02. The lowest BCUT2D eigenvalue weighted by Crippen LogP contribution is -2.36. The number of amides is 1. The third kappa shape index (κ3) is 5.33. The van der Waals surface area contributed by atoms with Gasteiger partial charge in [-0.2, -0.15) is 0 Å². The Balaban J connectivity index is 2.47. The molecule has 0 aliphatic carbocycles. The van der Waals surface area contributed by atoms with E-state index < -0.39 is 0 Å². The Morgan fingerprint density at radius 3 is 2.45 bits per heavy atom. The van der Waals surface area contributed by atoms with E-state index in [9.17, 15) is 4.79 Å². The molecule has 1 aromatic rings. The smallest absolute Gasteiger partial charge is 0.236 e. The molecule has 0 fully saturated rings. The molecule has 0 saturated carbocycles. The van der Waals surface area contributed by atoms with Gasteiger partial charge in [0.2, 0.25) is 5.91 Å². The Bertz CT molecular complexity index is 400. The van der Waals surface area contributed by atoms with E-state index in [1.807, 2.05) is 14.0 Å². The lowest BCUT2D eigenvalue weighted by Gasteiger charge is -2.18. The van der Waals surface area contributed by atoms with Gasteiger partial charge in [0, 0.05) is 19.6 Å². The fourth-order valence-electron chi connectivity index (χ4n) is 2.02. The van der Waals surface area contributed by atoms with Crippen LogP contribution in [0.4, 0.5) is 0 Å². The zero-order chi connectivity index (χ0) is 15.0. The predicted molar refractivity (Wildman–Crippen MR) is 84.8 cm³/mol. The summed E-state index contributed by atoms with van der Waals surface area (Å²) < 4.78 is 0. The van der Waals surface area contributed by atoms with Crippen LogP contribution in [0.3, 0.4) is 0 Å². The van der Waals surface area contributed by atoms with Gasteiger partial charge in [-0.25, -0.2) is 0 Å². The van der Waals surface area contributed by atoms with E-state index >= 15 is 0 Å². The van der Waals surface area contributed by atoms with Crippen LogP contribution in [0.15, 0.2) is 24.3 Å². The number of nitrogens with one attached hydrogen (secondary N) is 1. The standard InChI is InChI=1S/C17H28N2O/c1-5-7-8-15-9-11-16(12-10-15)14(3)18-13-17(20)19(4)6-2/h9-12,14,18H,5-8,13H2,1-4H3. The zero-order valence-corrected chi connectivity index (χ0v) is 13.3. The van der Waals surface area contributed by atoms with Crippen LogP contribution in [-0.4, -0.2) is 30.9 Å². The van der Waals surface area contributed by atoms with Gasteiger partial charge in [-0.1, -0.05) is 37.6 Å². The molecular weight excluding hydrogens is 248 g/mol. The van der Waals surface area contributed by atoms with Gasteiger partial charge in [-0.15, -0.1) is 0 Å². The first kappa shape index (κ1) is 16.7. The highest BCUT2D eigenvalue weighted by atomic mass is 16.2. The molecule has 0 radical (unpaired) electrons. The van der Waals surface area contributed by atoms with E-state index in [-0.39, 0.29) is 11.9 Å². The van der Waals surface area contributed by atoms with Gasteiger partial charge in [0.05, 0.1) is 6.54 Å². The van der Waals surface area contributed by atoms with Crippen molar-refractivity contribution in [2.24, 2.45) is 0 Å². The van der Waals surface area contributed by atoms with Crippen LogP contribution in [0, 0.1) is 0 Å². The summed E-state index contributed by atoms with van der Waals surface area (Å²) in [5, 5.41) is 3.29. The molecule has 0 saturated heterocycles. The second-order valence-electron chi connectivity index (χ2n) is 5.36. The number of rotatable bonds is 8. The quantitative estimate of drug-likeness (QED) is 0.791. The second kappa shape index (κ2) is 8.75. The lowest BCUT2D eigenvalue weighted by atomic mass is 10.0. The second-order valence-corrected chi connectivity index (χ2v) is 5.36. The van der Waals surface area contributed by atoms with Crippen molar-refractivity contribution >= 4 is 5.91 Å². The summed E-state index contributed by atoms with van der Waals surface area (Å²) >= 11 is 0. The first-order valence-electron chi connectivity index (χ1n) is 7.64. The summed E-state index contributed by atoms with van der Waals surface area (Å²) in [6.45, 7) is 7.44. The molecule has 0 aromatic heterocycles. The number of carbonyl (C=O) groups excluding carboxylic acids is 1. The maximum Gasteiger partial charge on any atom is 0.236 e. The van der Waals surface area contributed by atoms with Gasteiger partial charge in [0.25, 0.3) is 0 Å². The van der Waals surface area contributed by atoms with Crippen molar-refractivity contribution in [2.45, 2.75) is 46.1 Å². The van der Waals surface area contributed by atoms with Crippen LogP contribution in [0.5, 0.6) is 0 Å². The number of nitrogens with zero attached hydrogens (tertiary/aromatic N) is 1. The molecule has 0 bridgehead atoms. The number of aryl methyl sites for hydroxylation is 1. The molecule has 0 heterocycles. The predicted octanol–water partition coefficient (Wildman–Crippen LogP) is 3.16. The van der Waals surface area contributed by atoms with E-state index in [1.165, 1.54) is 24.0 Å². The monoisotopic (exact) mass is 276 g/mol. The van der Waals surface area contributed by atoms with Crippen LogP contribution < -0.4 is 5.32 Å². The number of hydrogen-bond donors (Lipinski definition) is 1. The molecule has 1 aromatic carbocycles. The van der Waals surface area contributed by atoms with E-state index in [4.69, 9.17) is 0 Å². The summed E-state index contributed by atoms with van der Waals surface area (Å²) in [6, 6.07) is 8.92. The Labute approximate surface area is 123 Å². The number of hydrogen-bond acceptors (Lipinski definition) is 2. The Morgan fingerprint density at radius 1 is 1.25 bits per heavy atom. The van der Waals surface area contributed by atoms with Crippen molar-refractivity contribution in [2.75, 3.05) is 20.1 Å². The zero-order valence-electron chi connectivity index (χ0n) is 13.3. The molecule has 1 atom stereocenters.